The molecule has 1 aromatic heterocycles. The maximum atomic E-state index is 5.98. The van der Waals surface area contributed by atoms with Crippen LogP contribution in [0.2, 0.25) is 0 Å². The van der Waals surface area contributed by atoms with E-state index in [9.17, 15) is 0 Å². The highest BCUT2D eigenvalue weighted by Crippen LogP contribution is 2.19. The molecule has 1 unspecified atom stereocenters. The Morgan fingerprint density at radius 3 is 3.06 bits per heavy atom. The average molecular weight is 253 g/mol. The summed E-state index contributed by atoms with van der Waals surface area (Å²) in [6.45, 7) is 4.12. The third-order valence-electron chi connectivity index (χ3n) is 3.10. The Kier molecular flexibility index (Phi) is 5.49. The van der Waals surface area contributed by atoms with Crippen LogP contribution in [0.25, 0.3) is 0 Å². The van der Waals surface area contributed by atoms with Crippen LogP contribution >= 0.6 is 11.3 Å². The first-order chi connectivity index (χ1) is 8.38. The zero-order valence-corrected chi connectivity index (χ0v) is 11.5. The third kappa shape index (κ3) is 5.19. The molecule has 0 spiro atoms. The molecule has 0 amide bonds. The smallest absolute Gasteiger partial charge is 0.0699 e. The Bertz CT molecular complexity index is 295. The summed E-state index contributed by atoms with van der Waals surface area (Å²) in [5, 5.41) is 5.70. The molecule has 1 aromatic rings. The number of rotatable bonds is 9. The summed E-state index contributed by atoms with van der Waals surface area (Å²) in [5.74, 6) is 0. The van der Waals surface area contributed by atoms with Crippen molar-refractivity contribution in [3.63, 3.8) is 0 Å². The van der Waals surface area contributed by atoms with Crippen LogP contribution in [0.15, 0.2) is 17.5 Å². The Morgan fingerprint density at radius 2 is 2.41 bits per heavy atom. The molecule has 1 N–H and O–H groups in total. The van der Waals surface area contributed by atoms with Crippen molar-refractivity contribution in [2.45, 2.75) is 51.2 Å². The summed E-state index contributed by atoms with van der Waals surface area (Å²) in [4.78, 5) is 1.43. The number of thiophene rings is 1. The van der Waals surface area contributed by atoms with Crippen LogP contribution in [0.5, 0.6) is 0 Å². The predicted octanol–water partition coefficient (Wildman–Crippen LogP) is 3.23. The van der Waals surface area contributed by atoms with Gasteiger partial charge in [-0.2, -0.15) is 0 Å². The highest BCUT2D eigenvalue weighted by molar-refractivity contribution is 7.09. The lowest BCUT2D eigenvalue weighted by Gasteiger charge is -2.17. The number of hydrogen-bond donors (Lipinski definition) is 1. The van der Waals surface area contributed by atoms with E-state index in [0.29, 0.717) is 6.10 Å². The fourth-order valence-electron chi connectivity index (χ4n) is 1.93. The SMILES string of the molecule is CCCC(CNC1CC1)OCCc1cccs1. The van der Waals surface area contributed by atoms with Gasteiger partial charge in [0.1, 0.15) is 0 Å². The Balaban J connectivity index is 1.61. The van der Waals surface area contributed by atoms with Gasteiger partial charge in [-0.15, -0.1) is 11.3 Å². The average Bonchev–Trinajstić information content (AvgIpc) is 3.02. The van der Waals surface area contributed by atoms with Gasteiger partial charge in [-0.05, 0) is 30.7 Å². The predicted molar refractivity (Wildman–Crippen MR) is 73.7 cm³/mol. The second kappa shape index (κ2) is 7.14. The van der Waals surface area contributed by atoms with Crippen molar-refractivity contribution in [2.24, 2.45) is 0 Å². The molecule has 0 radical (unpaired) electrons. The topological polar surface area (TPSA) is 21.3 Å². The van der Waals surface area contributed by atoms with E-state index in [2.05, 4.69) is 29.8 Å². The van der Waals surface area contributed by atoms with Crippen molar-refractivity contribution >= 4 is 11.3 Å². The minimum atomic E-state index is 0.403. The molecule has 1 aliphatic rings. The fraction of sp³-hybridized carbons (Fsp3) is 0.714. The monoisotopic (exact) mass is 253 g/mol. The third-order valence-corrected chi connectivity index (χ3v) is 4.04. The molecule has 1 heterocycles. The lowest BCUT2D eigenvalue weighted by atomic mass is 10.2. The van der Waals surface area contributed by atoms with Crippen molar-refractivity contribution in [1.29, 1.82) is 0 Å². The number of ether oxygens (including phenoxy) is 1. The van der Waals surface area contributed by atoms with Gasteiger partial charge in [-0.3, -0.25) is 0 Å². The van der Waals surface area contributed by atoms with E-state index in [0.717, 1.165) is 25.6 Å². The minimum absolute atomic E-state index is 0.403. The molecule has 0 saturated heterocycles. The molecule has 2 rings (SSSR count). The van der Waals surface area contributed by atoms with E-state index in [1.54, 1.807) is 0 Å². The van der Waals surface area contributed by atoms with Gasteiger partial charge in [-0.1, -0.05) is 19.4 Å². The van der Waals surface area contributed by atoms with Crippen LogP contribution in [0, 0.1) is 0 Å². The van der Waals surface area contributed by atoms with Crippen LogP contribution in [0.1, 0.15) is 37.5 Å². The highest BCUT2D eigenvalue weighted by atomic mass is 32.1. The molecular weight excluding hydrogens is 230 g/mol. The molecule has 0 aliphatic heterocycles. The summed E-state index contributed by atoms with van der Waals surface area (Å²) < 4.78 is 5.98. The molecule has 17 heavy (non-hydrogen) atoms. The van der Waals surface area contributed by atoms with Crippen LogP contribution in [0.3, 0.4) is 0 Å². The largest absolute Gasteiger partial charge is 0.377 e. The van der Waals surface area contributed by atoms with Crippen LogP contribution in [-0.4, -0.2) is 25.3 Å². The van der Waals surface area contributed by atoms with Gasteiger partial charge < -0.3 is 10.1 Å². The Hall–Kier alpha value is -0.380. The fourth-order valence-corrected chi connectivity index (χ4v) is 2.62. The molecule has 1 fully saturated rings. The first kappa shape index (κ1) is 13.1. The molecule has 0 bridgehead atoms. The lowest BCUT2D eigenvalue weighted by Crippen LogP contribution is -2.31. The number of hydrogen-bond acceptors (Lipinski definition) is 3. The van der Waals surface area contributed by atoms with Gasteiger partial charge in [0.05, 0.1) is 12.7 Å². The van der Waals surface area contributed by atoms with Crippen LogP contribution in [0.4, 0.5) is 0 Å². The summed E-state index contributed by atoms with van der Waals surface area (Å²) in [6, 6.07) is 5.08. The van der Waals surface area contributed by atoms with E-state index in [1.807, 2.05) is 11.3 Å². The second-order valence-electron chi connectivity index (χ2n) is 4.79. The van der Waals surface area contributed by atoms with Gasteiger partial charge in [0.25, 0.3) is 0 Å². The van der Waals surface area contributed by atoms with Crippen molar-refractivity contribution < 1.29 is 4.74 Å². The van der Waals surface area contributed by atoms with Crippen molar-refractivity contribution in [2.75, 3.05) is 13.2 Å². The molecule has 1 atom stereocenters. The first-order valence-electron chi connectivity index (χ1n) is 6.76. The molecule has 2 nitrogen and oxygen atoms in total. The van der Waals surface area contributed by atoms with Gasteiger partial charge >= 0.3 is 0 Å². The quantitative estimate of drug-likeness (QED) is 0.729. The zero-order valence-electron chi connectivity index (χ0n) is 10.7. The van der Waals surface area contributed by atoms with E-state index in [4.69, 9.17) is 4.74 Å². The van der Waals surface area contributed by atoms with Gasteiger partial charge in [0, 0.05) is 23.9 Å². The molecule has 3 heteroatoms. The van der Waals surface area contributed by atoms with Crippen LogP contribution < -0.4 is 5.32 Å². The maximum Gasteiger partial charge on any atom is 0.0699 e. The Labute approximate surface area is 108 Å². The van der Waals surface area contributed by atoms with Crippen molar-refractivity contribution in [3.05, 3.63) is 22.4 Å². The molecule has 96 valence electrons. The van der Waals surface area contributed by atoms with E-state index >= 15 is 0 Å². The summed E-state index contributed by atoms with van der Waals surface area (Å²) in [7, 11) is 0. The molecule has 0 aromatic carbocycles. The van der Waals surface area contributed by atoms with E-state index in [1.165, 1.54) is 30.6 Å². The molecule has 1 aliphatic carbocycles. The van der Waals surface area contributed by atoms with Gasteiger partial charge in [-0.25, -0.2) is 0 Å². The normalized spacial score (nSPS) is 17.2. The first-order valence-corrected chi connectivity index (χ1v) is 7.64. The summed E-state index contributed by atoms with van der Waals surface area (Å²) in [6.07, 6.45) is 6.55. The second-order valence-corrected chi connectivity index (χ2v) is 5.83. The minimum Gasteiger partial charge on any atom is -0.377 e. The lowest BCUT2D eigenvalue weighted by molar-refractivity contribution is 0.0491. The van der Waals surface area contributed by atoms with Crippen molar-refractivity contribution in [1.82, 2.24) is 5.32 Å². The summed E-state index contributed by atoms with van der Waals surface area (Å²) >= 11 is 1.82. The standard InChI is InChI=1S/C14H23NOS/c1-2-4-13(11-15-12-6-7-12)16-9-8-14-5-3-10-17-14/h3,5,10,12-13,15H,2,4,6-9,11H2,1H3. The van der Waals surface area contributed by atoms with Gasteiger partial charge in [0.15, 0.2) is 0 Å². The van der Waals surface area contributed by atoms with E-state index in [-0.39, 0.29) is 0 Å². The maximum absolute atomic E-state index is 5.98. The van der Waals surface area contributed by atoms with E-state index < -0.39 is 0 Å². The molecular formula is C14H23NOS. The highest BCUT2D eigenvalue weighted by Gasteiger charge is 2.21. The zero-order chi connectivity index (χ0) is 11.9. The van der Waals surface area contributed by atoms with Crippen LogP contribution in [-0.2, 0) is 11.2 Å². The Morgan fingerprint density at radius 1 is 1.53 bits per heavy atom. The van der Waals surface area contributed by atoms with Gasteiger partial charge in [0.2, 0.25) is 0 Å². The molecule has 1 saturated carbocycles. The summed E-state index contributed by atoms with van der Waals surface area (Å²) in [5.41, 5.74) is 0. The number of nitrogens with one attached hydrogen (secondary N) is 1. The van der Waals surface area contributed by atoms with Crippen molar-refractivity contribution in [3.8, 4) is 0 Å².